The fraction of sp³-hybridized carbons (Fsp3) is 0.500. The van der Waals surface area contributed by atoms with Gasteiger partial charge in [-0.15, -0.1) is 0 Å². The maximum Gasteiger partial charge on any atom is 0.336 e. The van der Waals surface area contributed by atoms with E-state index in [0.717, 1.165) is 5.57 Å². The predicted molar refractivity (Wildman–Crippen MR) is 96.0 cm³/mol. The van der Waals surface area contributed by atoms with E-state index >= 15 is 0 Å². The molecule has 0 unspecified atom stereocenters. The van der Waals surface area contributed by atoms with E-state index in [1.54, 1.807) is 19.9 Å². The number of aliphatic hydroxyl groups excluding tert-OH is 2. The molecule has 1 saturated heterocycles. The molecule has 0 spiro atoms. The van der Waals surface area contributed by atoms with E-state index in [4.69, 9.17) is 9.47 Å². The number of ether oxygens (including phenoxy) is 2. The Morgan fingerprint density at radius 2 is 2.12 bits per heavy atom. The van der Waals surface area contributed by atoms with Gasteiger partial charge in [0, 0.05) is 11.5 Å². The van der Waals surface area contributed by atoms with Crippen molar-refractivity contribution in [1.29, 1.82) is 0 Å². The Bertz CT molecular complexity index is 684. The standard InChI is InChI=1S/C20H26O6/c1-5-14(10-21)20(24)25-17-9-16-13(4)19(23)26-18(16)7-11(2)6-15(22)8-12(17)3/h5,7-8,15-18,21-22H,4,6,9-10H2,1-3H3/b11-7+,12-8+,14-5-/t15-,16+,17+,18-/m1/s1. The molecule has 0 radical (unpaired) electrons. The lowest BCUT2D eigenvalue weighted by Crippen LogP contribution is -2.29. The van der Waals surface area contributed by atoms with Gasteiger partial charge < -0.3 is 19.7 Å². The Kier molecular flexibility index (Phi) is 6.56. The van der Waals surface area contributed by atoms with E-state index in [-0.39, 0.29) is 11.5 Å². The van der Waals surface area contributed by atoms with Crippen LogP contribution in [-0.4, -0.2) is 47.1 Å². The molecule has 1 heterocycles. The van der Waals surface area contributed by atoms with Crippen molar-refractivity contribution in [3.05, 3.63) is 47.1 Å². The van der Waals surface area contributed by atoms with E-state index in [1.165, 1.54) is 6.08 Å². The zero-order valence-electron chi connectivity index (χ0n) is 15.4. The summed E-state index contributed by atoms with van der Waals surface area (Å²) in [4.78, 5) is 24.2. The summed E-state index contributed by atoms with van der Waals surface area (Å²) in [6.07, 6.45) is 3.78. The van der Waals surface area contributed by atoms with Crippen molar-refractivity contribution in [2.75, 3.05) is 6.61 Å². The molecule has 0 aromatic carbocycles. The van der Waals surface area contributed by atoms with Gasteiger partial charge >= 0.3 is 11.9 Å². The van der Waals surface area contributed by atoms with Crippen molar-refractivity contribution in [2.45, 2.75) is 51.9 Å². The van der Waals surface area contributed by atoms with Crippen LogP contribution >= 0.6 is 0 Å². The summed E-state index contributed by atoms with van der Waals surface area (Å²) >= 11 is 0. The fourth-order valence-electron chi connectivity index (χ4n) is 3.24. The van der Waals surface area contributed by atoms with Crippen LogP contribution in [0.1, 0.15) is 33.6 Å². The van der Waals surface area contributed by atoms with Crippen molar-refractivity contribution >= 4 is 11.9 Å². The summed E-state index contributed by atoms with van der Waals surface area (Å²) in [5.74, 6) is -1.41. The van der Waals surface area contributed by atoms with Gasteiger partial charge in [-0.2, -0.15) is 0 Å². The first-order valence-electron chi connectivity index (χ1n) is 8.67. The van der Waals surface area contributed by atoms with Gasteiger partial charge in [0.15, 0.2) is 0 Å². The van der Waals surface area contributed by atoms with Crippen LogP contribution in [0.15, 0.2) is 47.1 Å². The Labute approximate surface area is 153 Å². The molecule has 0 amide bonds. The van der Waals surface area contributed by atoms with Crippen LogP contribution in [0.2, 0.25) is 0 Å². The summed E-state index contributed by atoms with van der Waals surface area (Å²) < 4.78 is 11.0. The largest absolute Gasteiger partial charge is 0.454 e. The van der Waals surface area contributed by atoms with E-state index in [0.29, 0.717) is 24.0 Å². The second-order valence-corrected chi connectivity index (χ2v) is 6.80. The number of hydrogen-bond donors (Lipinski definition) is 2. The summed E-state index contributed by atoms with van der Waals surface area (Å²) in [5, 5.41) is 19.5. The van der Waals surface area contributed by atoms with Gasteiger partial charge in [-0.25, -0.2) is 9.59 Å². The molecule has 0 aromatic rings. The molecular weight excluding hydrogens is 336 g/mol. The van der Waals surface area contributed by atoms with E-state index < -0.39 is 36.9 Å². The van der Waals surface area contributed by atoms with Gasteiger partial charge in [-0.05, 0) is 45.3 Å². The van der Waals surface area contributed by atoms with Crippen molar-refractivity contribution in [2.24, 2.45) is 5.92 Å². The highest BCUT2D eigenvalue weighted by atomic mass is 16.6. The van der Waals surface area contributed by atoms with Gasteiger partial charge in [0.25, 0.3) is 0 Å². The normalized spacial score (nSPS) is 34.1. The molecule has 2 N–H and O–H groups in total. The Morgan fingerprint density at radius 3 is 2.73 bits per heavy atom. The zero-order chi connectivity index (χ0) is 19.4. The predicted octanol–water partition coefficient (Wildman–Crippen LogP) is 1.98. The number of allylic oxidation sites excluding steroid dienone is 1. The third kappa shape index (κ3) is 4.51. The van der Waals surface area contributed by atoms with Crippen LogP contribution in [0.5, 0.6) is 0 Å². The lowest BCUT2D eigenvalue weighted by atomic mass is 9.86. The van der Waals surface area contributed by atoms with Crippen molar-refractivity contribution < 1.29 is 29.3 Å². The molecule has 6 nitrogen and oxygen atoms in total. The molecule has 6 heteroatoms. The van der Waals surface area contributed by atoms with Crippen LogP contribution < -0.4 is 0 Å². The van der Waals surface area contributed by atoms with Crippen molar-refractivity contribution in [1.82, 2.24) is 0 Å². The average molecular weight is 362 g/mol. The summed E-state index contributed by atoms with van der Waals surface area (Å²) in [5.41, 5.74) is 2.09. The van der Waals surface area contributed by atoms with E-state index in [9.17, 15) is 19.8 Å². The summed E-state index contributed by atoms with van der Waals surface area (Å²) in [6.45, 7) is 8.69. The molecule has 26 heavy (non-hydrogen) atoms. The first-order chi connectivity index (χ1) is 12.3. The molecule has 1 aliphatic carbocycles. The van der Waals surface area contributed by atoms with E-state index in [1.807, 2.05) is 13.0 Å². The van der Waals surface area contributed by atoms with Crippen LogP contribution in [0.3, 0.4) is 0 Å². The van der Waals surface area contributed by atoms with Crippen LogP contribution in [-0.2, 0) is 19.1 Å². The molecule has 0 aromatic heterocycles. The summed E-state index contributed by atoms with van der Waals surface area (Å²) in [6, 6.07) is 0. The molecule has 142 valence electrons. The van der Waals surface area contributed by atoms with Crippen LogP contribution in [0.4, 0.5) is 0 Å². The average Bonchev–Trinajstić information content (AvgIpc) is 2.81. The van der Waals surface area contributed by atoms with Gasteiger partial charge in [-0.1, -0.05) is 24.3 Å². The molecule has 0 bridgehead atoms. The van der Waals surface area contributed by atoms with Crippen molar-refractivity contribution in [3.63, 3.8) is 0 Å². The molecule has 1 fully saturated rings. The highest BCUT2D eigenvalue weighted by Crippen LogP contribution is 2.35. The minimum absolute atomic E-state index is 0.153. The molecule has 4 atom stereocenters. The zero-order valence-corrected chi connectivity index (χ0v) is 15.4. The van der Waals surface area contributed by atoms with Crippen LogP contribution in [0.25, 0.3) is 0 Å². The number of esters is 2. The monoisotopic (exact) mass is 362 g/mol. The fourth-order valence-corrected chi connectivity index (χ4v) is 3.24. The Hall–Kier alpha value is -2.18. The second kappa shape index (κ2) is 8.47. The van der Waals surface area contributed by atoms with Gasteiger partial charge in [0.2, 0.25) is 0 Å². The number of carbonyl (C=O) groups is 2. The van der Waals surface area contributed by atoms with Crippen LogP contribution in [0, 0.1) is 5.92 Å². The number of carbonyl (C=O) groups excluding carboxylic acids is 2. The van der Waals surface area contributed by atoms with Gasteiger partial charge in [-0.3, -0.25) is 0 Å². The number of aliphatic hydroxyl groups is 2. The number of fused-ring (bicyclic) bond motifs is 1. The third-order valence-electron chi connectivity index (χ3n) is 4.79. The maximum atomic E-state index is 12.3. The van der Waals surface area contributed by atoms with Gasteiger partial charge in [0.1, 0.15) is 12.2 Å². The Balaban J connectivity index is 2.35. The highest BCUT2D eigenvalue weighted by molar-refractivity contribution is 5.91. The lowest BCUT2D eigenvalue weighted by Gasteiger charge is -2.26. The number of rotatable bonds is 3. The SMILES string of the molecule is C=C1C(=O)O[C@@H]2/C=C(\C)C[C@@H](O)/C=C(\C)[C@@H](OC(=O)/C(=C\C)CO)C[C@@H]12. The minimum Gasteiger partial charge on any atom is -0.454 e. The third-order valence-corrected chi connectivity index (χ3v) is 4.79. The first-order valence-corrected chi connectivity index (χ1v) is 8.67. The topological polar surface area (TPSA) is 93.1 Å². The quantitative estimate of drug-likeness (QED) is 0.453. The highest BCUT2D eigenvalue weighted by Gasteiger charge is 2.40. The van der Waals surface area contributed by atoms with Crippen molar-refractivity contribution in [3.8, 4) is 0 Å². The summed E-state index contributed by atoms with van der Waals surface area (Å²) in [7, 11) is 0. The molecule has 2 rings (SSSR count). The Morgan fingerprint density at radius 1 is 1.42 bits per heavy atom. The smallest absolute Gasteiger partial charge is 0.336 e. The molecule has 0 saturated carbocycles. The molecule has 1 aliphatic heterocycles. The lowest BCUT2D eigenvalue weighted by molar-refractivity contribution is -0.144. The number of hydrogen-bond acceptors (Lipinski definition) is 6. The first kappa shape index (κ1) is 20.1. The van der Waals surface area contributed by atoms with E-state index in [2.05, 4.69) is 6.58 Å². The second-order valence-electron chi connectivity index (χ2n) is 6.80. The molecule has 2 aliphatic rings. The maximum absolute atomic E-state index is 12.3. The minimum atomic E-state index is -0.733. The molecular formula is C20H26O6. The van der Waals surface area contributed by atoms with Gasteiger partial charge in [0.05, 0.1) is 18.3 Å².